The van der Waals surface area contributed by atoms with Crippen LogP contribution in [-0.2, 0) is 4.74 Å². The standard InChI is InChI=1S/C29H29ClFN7O3/c1-29(2,3)41-28(39)35-23-18-12-38(13-19(18)23)25-17(8-15-11-34-27(32)37-24(15)36-25)22-16(6-5-7-20(22)30)14-9-21(31)26(40-4)33-10-14/h5-11,18-19,23H,12-13H2,1-4H3,(H,35,39)(H2,32,34,36,37). The zero-order valence-electron chi connectivity index (χ0n) is 23.0. The van der Waals surface area contributed by atoms with Gasteiger partial charge in [-0.25, -0.2) is 24.1 Å². The summed E-state index contributed by atoms with van der Waals surface area (Å²) in [5.74, 6) is 0.594. The Kier molecular flexibility index (Phi) is 6.56. The van der Waals surface area contributed by atoms with Crippen molar-refractivity contribution in [3.63, 3.8) is 0 Å². The number of hydrogen-bond acceptors (Lipinski definition) is 9. The summed E-state index contributed by atoms with van der Waals surface area (Å²) in [6.07, 6.45) is 2.75. The summed E-state index contributed by atoms with van der Waals surface area (Å²) in [5.41, 5.74) is 8.38. The van der Waals surface area contributed by atoms with Crippen LogP contribution >= 0.6 is 11.6 Å². The van der Waals surface area contributed by atoms with Crippen LogP contribution in [0.5, 0.6) is 5.88 Å². The summed E-state index contributed by atoms with van der Waals surface area (Å²) < 4.78 is 25.1. The number of pyridine rings is 2. The molecule has 6 rings (SSSR count). The first kappa shape index (κ1) is 26.9. The van der Waals surface area contributed by atoms with Crippen molar-refractivity contribution in [2.24, 2.45) is 11.8 Å². The van der Waals surface area contributed by atoms with Gasteiger partial charge in [0.2, 0.25) is 11.8 Å². The van der Waals surface area contributed by atoms with Gasteiger partial charge in [0.05, 0.1) is 7.11 Å². The lowest BCUT2D eigenvalue weighted by Gasteiger charge is -2.26. The van der Waals surface area contributed by atoms with Crippen LogP contribution in [-0.4, -0.2) is 57.9 Å². The third kappa shape index (κ3) is 5.17. The summed E-state index contributed by atoms with van der Waals surface area (Å²) in [6.45, 7) is 6.84. The highest BCUT2D eigenvalue weighted by Gasteiger charge is 2.57. The molecule has 12 heteroatoms. The summed E-state index contributed by atoms with van der Waals surface area (Å²) in [6, 6.07) is 8.78. The number of carbonyl (C=O) groups is 1. The second-order valence-electron chi connectivity index (χ2n) is 11.3. The van der Waals surface area contributed by atoms with Crippen molar-refractivity contribution in [1.29, 1.82) is 0 Å². The van der Waals surface area contributed by atoms with E-state index in [0.717, 1.165) is 5.56 Å². The Morgan fingerprint density at radius 1 is 1.12 bits per heavy atom. The second-order valence-corrected chi connectivity index (χ2v) is 11.7. The van der Waals surface area contributed by atoms with Gasteiger partial charge in [0.1, 0.15) is 11.4 Å². The Hall–Kier alpha value is -4.25. The number of anilines is 2. The average Bonchev–Trinajstić information content (AvgIpc) is 3.33. The number of nitrogens with zero attached hydrogens (tertiary/aromatic N) is 5. The Balaban J connectivity index is 1.39. The molecule has 2 aliphatic rings. The Labute approximate surface area is 241 Å². The largest absolute Gasteiger partial charge is 0.479 e. The highest BCUT2D eigenvalue weighted by atomic mass is 35.5. The molecule has 4 aromatic rings. The van der Waals surface area contributed by atoms with Crippen molar-refractivity contribution in [3.05, 3.63) is 53.6 Å². The topological polar surface area (TPSA) is 128 Å². The van der Waals surface area contributed by atoms with Gasteiger partial charge < -0.3 is 25.4 Å². The first-order valence-corrected chi connectivity index (χ1v) is 13.6. The van der Waals surface area contributed by atoms with Gasteiger partial charge in [-0.15, -0.1) is 0 Å². The van der Waals surface area contributed by atoms with Gasteiger partial charge in [0.25, 0.3) is 0 Å². The maximum absolute atomic E-state index is 14.7. The van der Waals surface area contributed by atoms with E-state index in [1.165, 1.54) is 13.2 Å². The molecule has 2 unspecified atom stereocenters. The number of nitrogen functional groups attached to an aromatic ring is 1. The molecule has 0 radical (unpaired) electrons. The molecular weight excluding hydrogens is 549 g/mol. The minimum absolute atomic E-state index is 0.0344. The Morgan fingerprint density at radius 2 is 1.88 bits per heavy atom. The minimum Gasteiger partial charge on any atom is -0.479 e. The first-order chi connectivity index (χ1) is 19.5. The smallest absolute Gasteiger partial charge is 0.407 e. The normalized spacial score (nSPS) is 19.7. The molecule has 1 aliphatic carbocycles. The molecule has 1 saturated carbocycles. The van der Waals surface area contributed by atoms with E-state index in [4.69, 9.17) is 31.8 Å². The van der Waals surface area contributed by atoms with Gasteiger partial charge in [-0.05, 0) is 44.5 Å². The molecule has 2 atom stereocenters. The lowest BCUT2D eigenvalue weighted by Crippen LogP contribution is -2.38. The first-order valence-electron chi connectivity index (χ1n) is 13.2. The number of carbonyl (C=O) groups excluding carboxylic acids is 1. The van der Waals surface area contributed by atoms with Crippen LogP contribution in [0.1, 0.15) is 20.8 Å². The van der Waals surface area contributed by atoms with Crippen LogP contribution in [0.15, 0.2) is 42.7 Å². The Morgan fingerprint density at radius 3 is 2.56 bits per heavy atom. The van der Waals surface area contributed by atoms with Gasteiger partial charge in [-0.2, -0.15) is 4.98 Å². The minimum atomic E-state index is -0.583. The lowest BCUT2D eigenvalue weighted by atomic mass is 9.94. The van der Waals surface area contributed by atoms with Gasteiger partial charge >= 0.3 is 6.09 Å². The van der Waals surface area contributed by atoms with Gasteiger partial charge in [0.15, 0.2) is 11.5 Å². The molecule has 4 heterocycles. The molecule has 1 saturated heterocycles. The maximum Gasteiger partial charge on any atom is 0.407 e. The number of rotatable bonds is 5. The van der Waals surface area contributed by atoms with Crippen molar-refractivity contribution in [1.82, 2.24) is 25.3 Å². The van der Waals surface area contributed by atoms with Gasteiger partial charge in [0, 0.05) is 70.5 Å². The van der Waals surface area contributed by atoms with Crippen molar-refractivity contribution >= 4 is 40.5 Å². The summed E-state index contributed by atoms with van der Waals surface area (Å²) in [7, 11) is 1.37. The molecule has 0 spiro atoms. The van der Waals surface area contributed by atoms with Crippen molar-refractivity contribution < 1.29 is 18.7 Å². The summed E-state index contributed by atoms with van der Waals surface area (Å²) in [4.78, 5) is 32.0. The fraction of sp³-hybridized carbons (Fsp3) is 0.345. The van der Waals surface area contributed by atoms with Crippen LogP contribution in [0.25, 0.3) is 33.3 Å². The van der Waals surface area contributed by atoms with E-state index in [9.17, 15) is 9.18 Å². The summed E-state index contributed by atoms with van der Waals surface area (Å²) >= 11 is 6.84. The predicted molar refractivity (Wildman–Crippen MR) is 154 cm³/mol. The van der Waals surface area contributed by atoms with E-state index in [1.54, 1.807) is 24.5 Å². The van der Waals surface area contributed by atoms with Crippen molar-refractivity contribution in [2.75, 3.05) is 30.8 Å². The fourth-order valence-corrected chi connectivity index (χ4v) is 5.79. The zero-order chi connectivity index (χ0) is 29.1. The van der Waals surface area contributed by atoms with Crippen LogP contribution in [0, 0.1) is 17.7 Å². The van der Waals surface area contributed by atoms with E-state index in [1.807, 2.05) is 32.9 Å². The number of fused-ring (bicyclic) bond motifs is 2. The third-order valence-corrected chi connectivity index (χ3v) is 7.65. The summed E-state index contributed by atoms with van der Waals surface area (Å²) in [5, 5.41) is 4.14. The molecule has 2 fully saturated rings. The molecular formula is C29H29ClFN7O3. The average molecular weight is 578 g/mol. The van der Waals surface area contributed by atoms with Crippen LogP contribution in [0.3, 0.4) is 0 Å². The number of halogens is 2. The zero-order valence-corrected chi connectivity index (χ0v) is 23.7. The van der Waals surface area contributed by atoms with E-state index in [0.29, 0.717) is 51.7 Å². The number of piperidine rings is 1. The molecule has 3 N–H and O–H groups in total. The van der Waals surface area contributed by atoms with E-state index < -0.39 is 17.5 Å². The maximum atomic E-state index is 14.7. The number of amides is 1. The SMILES string of the molecule is COc1ncc(-c2cccc(Cl)c2-c2cc3cnc(N)nc3nc2N2CC3C(C2)C3NC(=O)OC(C)(C)C)cc1F. The quantitative estimate of drug-likeness (QED) is 0.333. The molecule has 1 amide bonds. The number of hydrogen-bond donors (Lipinski definition) is 2. The molecule has 1 aromatic carbocycles. The molecule has 10 nitrogen and oxygen atoms in total. The molecule has 1 aliphatic heterocycles. The van der Waals surface area contributed by atoms with E-state index in [2.05, 4.69) is 25.2 Å². The highest BCUT2D eigenvalue weighted by molar-refractivity contribution is 6.34. The highest BCUT2D eigenvalue weighted by Crippen LogP contribution is 2.50. The van der Waals surface area contributed by atoms with E-state index in [-0.39, 0.29) is 29.7 Å². The fourth-order valence-electron chi connectivity index (χ4n) is 5.51. The number of benzene rings is 1. The number of nitrogens with one attached hydrogen (secondary N) is 1. The third-order valence-electron chi connectivity index (χ3n) is 7.34. The molecule has 212 valence electrons. The molecule has 0 bridgehead atoms. The van der Waals surface area contributed by atoms with Crippen LogP contribution in [0.4, 0.5) is 21.0 Å². The van der Waals surface area contributed by atoms with Crippen molar-refractivity contribution in [2.45, 2.75) is 32.4 Å². The number of ether oxygens (including phenoxy) is 2. The predicted octanol–water partition coefficient (Wildman–Crippen LogP) is 5.10. The number of nitrogens with two attached hydrogens (primary N) is 1. The van der Waals surface area contributed by atoms with Crippen LogP contribution < -0.4 is 20.7 Å². The monoisotopic (exact) mass is 577 g/mol. The second kappa shape index (κ2) is 9.99. The molecule has 3 aromatic heterocycles. The molecule has 41 heavy (non-hydrogen) atoms. The van der Waals surface area contributed by atoms with E-state index >= 15 is 0 Å². The number of alkyl carbamates (subject to hydrolysis) is 1. The van der Waals surface area contributed by atoms with Gasteiger partial charge in [-0.1, -0.05) is 23.7 Å². The van der Waals surface area contributed by atoms with Crippen LogP contribution in [0.2, 0.25) is 5.02 Å². The van der Waals surface area contributed by atoms with Crippen molar-refractivity contribution in [3.8, 4) is 28.1 Å². The van der Waals surface area contributed by atoms with Gasteiger partial charge in [-0.3, -0.25) is 0 Å². The number of methoxy groups -OCH3 is 1. The number of aromatic nitrogens is 4. The lowest BCUT2D eigenvalue weighted by molar-refractivity contribution is 0.0518. The Bertz CT molecular complexity index is 1670.